The second-order valence-electron chi connectivity index (χ2n) is 7.23. The number of piperazine rings is 1. The average molecular weight is 356 g/mol. The van der Waals surface area contributed by atoms with Crippen LogP contribution < -0.4 is 0 Å². The fourth-order valence-electron chi connectivity index (χ4n) is 3.60. The number of hydrogen-bond acceptors (Lipinski definition) is 5. The lowest BCUT2D eigenvalue weighted by Gasteiger charge is -2.43. The average Bonchev–Trinajstić information content (AvgIpc) is 3.05. The molecule has 26 heavy (non-hydrogen) atoms. The summed E-state index contributed by atoms with van der Waals surface area (Å²) in [5.74, 6) is 0.899. The predicted molar refractivity (Wildman–Crippen MR) is 99.9 cm³/mol. The van der Waals surface area contributed by atoms with E-state index in [4.69, 9.17) is 0 Å². The molecule has 7 heteroatoms. The number of aryl methyl sites for hydroxylation is 1. The molecule has 7 nitrogen and oxygen atoms in total. The molecule has 1 aliphatic heterocycles. The van der Waals surface area contributed by atoms with Gasteiger partial charge in [-0.25, -0.2) is 4.68 Å². The van der Waals surface area contributed by atoms with Crippen molar-refractivity contribution in [1.29, 1.82) is 0 Å². The number of amides is 1. The molecule has 0 spiro atoms. The van der Waals surface area contributed by atoms with Crippen LogP contribution in [0.3, 0.4) is 0 Å². The van der Waals surface area contributed by atoms with Crippen LogP contribution in [0.5, 0.6) is 0 Å². The predicted octanol–water partition coefficient (Wildman–Crippen LogP) is 1.97. The van der Waals surface area contributed by atoms with Crippen LogP contribution in [0.1, 0.15) is 48.9 Å². The topological polar surface area (TPSA) is 67.2 Å². The number of aromatic nitrogens is 4. The molecular weight excluding hydrogens is 328 g/mol. The summed E-state index contributed by atoms with van der Waals surface area (Å²) in [5.41, 5.74) is 1.82. The first-order chi connectivity index (χ1) is 12.5. The van der Waals surface area contributed by atoms with Crippen molar-refractivity contribution in [3.8, 4) is 0 Å². The number of carbonyl (C=O) groups excluding carboxylic acids is 1. The molecule has 0 aliphatic carbocycles. The van der Waals surface area contributed by atoms with Crippen molar-refractivity contribution in [3.63, 3.8) is 0 Å². The van der Waals surface area contributed by atoms with Gasteiger partial charge in [0.05, 0.1) is 6.54 Å². The molecule has 2 aromatic rings. The van der Waals surface area contributed by atoms with Gasteiger partial charge in [0.15, 0.2) is 0 Å². The smallest absolute Gasteiger partial charge is 0.253 e. The van der Waals surface area contributed by atoms with E-state index in [1.165, 1.54) is 0 Å². The quantitative estimate of drug-likeness (QED) is 0.819. The van der Waals surface area contributed by atoms with Gasteiger partial charge in [-0.3, -0.25) is 9.69 Å². The van der Waals surface area contributed by atoms with Crippen LogP contribution in [0.15, 0.2) is 24.3 Å². The summed E-state index contributed by atoms with van der Waals surface area (Å²) in [5, 5.41) is 11.5. The van der Waals surface area contributed by atoms with Gasteiger partial charge in [-0.2, -0.15) is 0 Å². The highest BCUT2D eigenvalue weighted by Gasteiger charge is 2.30. The number of carbonyl (C=O) groups is 1. The van der Waals surface area contributed by atoms with Crippen LogP contribution in [0.2, 0.25) is 0 Å². The second kappa shape index (κ2) is 7.95. The zero-order chi connectivity index (χ0) is 18.7. The van der Waals surface area contributed by atoms with Crippen LogP contribution >= 0.6 is 0 Å². The molecule has 1 aromatic heterocycles. The van der Waals surface area contributed by atoms with Crippen molar-refractivity contribution in [1.82, 2.24) is 30.0 Å². The largest absolute Gasteiger partial charge is 0.336 e. The molecule has 0 bridgehead atoms. The van der Waals surface area contributed by atoms with Crippen LogP contribution in [-0.2, 0) is 6.54 Å². The number of tetrazole rings is 1. The third-order valence-electron chi connectivity index (χ3n) is 5.19. The van der Waals surface area contributed by atoms with Crippen molar-refractivity contribution < 1.29 is 4.79 Å². The van der Waals surface area contributed by atoms with Crippen molar-refractivity contribution in [2.75, 3.05) is 19.6 Å². The van der Waals surface area contributed by atoms with Crippen molar-refractivity contribution in [2.45, 2.75) is 52.7 Å². The summed E-state index contributed by atoms with van der Waals surface area (Å²) in [4.78, 5) is 17.4. The first-order valence-electron chi connectivity index (χ1n) is 9.36. The Kier molecular flexibility index (Phi) is 5.66. The highest BCUT2D eigenvalue weighted by molar-refractivity contribution is 5.94. The van der Waals surface area contributed by atoms with Crippen molar-refractivity contribution >= 4 is 5.91 Å². The minimum absolute atomic E-state index is 0.122. The second-order valence-corrected chi connectivity index (χ2v) is 7.23. The summed E-state index contributed by atoms with van der Waals surface area (Å²) in [6, 6.07) is 8.74. The molecule has 3 rings (SSSR count). The van der Waals surface area contributed by atoms with Crippen LogP contribution in [0.25, 0.3) is 0 Å². The maximum atomic E-state index is 12.9. The Labute approximate surface area is 155 Å². The highest BCUT2D eigenvalue weighted by atomic mass is 16.2. The Bertz CT molecular complexity index is 739. The Morgan fingerprint density at radius 1 is 1.23 bits per heavy atom. The summed E-state index contributed by atoms with van der Waals surface area (Å²) < 4.78 is 1.74. The van der Waals surface area contributed by atoms with Gasteiger partial charge in [0.1, 0.15) is 5.82 Å². The number of hydrogen-bond donors (Lipinski definition) is 0. The molecule has 0 radical (unpaired) electrons. The minimum Gasteiger partial charge on any atom is -0.336 e. The standard InChI is InChI=1S/C19H28N6O/c1-5-18-13-23(10-11-24(18)14(2)3)19(26)17-8-6-16(7-9-17)12-25-15(4)20-21-22-25/h6-9,14,18H,5,10-13H2,1-4H3. The molecule has 1 saturated heterocycles. The van der Waals surface area contributed by atoms with Gasteiger partial charge in [-0.05, 0) is 55.3 Å². The normalized spacial score (nSPS) is 18.5. The van der Waals surface area contributed by atoms with Gasteiger partial charge in [-0.1, -0.05) is 19.1 Å². The molecule has 2 heterocycles. The molecule has 0 saturated carbocycles. The van der Waals surface area contributed by atoms with E-state index < -0.39 is 0 Å². The highest BCUT2D eigenvalue weighted by Crippen LogP contribution is 2.18. The molecule has 1 atom stereocenters. The fraction of sp³-hybridized carbons (Fsp3) is 0.579. The van der Waals surface area contributed by atoms with E-state index >= 15 is 0 Å². The monoisotopic (exact) mass is 356 g/mol. The zero-order valence-electron chi connectivity index (χ0n) is 16.1. The molecule has 0 N–H and O–H groups in total. The number of benzene rings is 1. The van der Waals surface area contributed by atoms with Gasteiger partial charge in [-0.15, -0.1) is 5.10 Å². The third kappa shape index (κ3) is 3.93. The lowest BCUT2D eigenvalue weighted by molar-refractivity contribution is 0.0371. The summed E-state index contributed by atoms with van der Waals surface area (Å²) >= 11 is 0. The maximum absolute atomic E-state index is 12.9. The summed E-state index contributed by atoms with van der Waals surface area (Å²) in [7, 11) is 0. The van der Waals surface area contributed by atoms with Crippen LogP contribution in [0.4, 0.5) is 0 Å². The van der Waals surface area contributed by atoms with Crippen molar-refractivity contribution in [2.24, 2.45) is 0 Å². The summed E-state index contributed by atoms with van der Waals surface area (Å²) in [6.45, 7) is 11.7. The van der Waals surface area contributed by atoms with E-state index in [1.54, 1.807) is 4.68 Å². The Hall–Kier alpha value is -2.28. The van der Waals surface area contributed by atoms with Crippen molar-refractivity contribution in [3.05, 3.63) is 41.2 Å². The molecule has 1 amide bonds. The first kappa shape index (κ1) is 18.5. The van der Waals surface area contributed by atoms with Gasteiger partial charge in [0.2, 0.25) is 0 Å². The van der Waals surface area contributed by atoms with Gasteiger partial charge in [0, 0.05) is 37.3 Å². The molecule has 1 aliphatic rings. The van der Waals surface area contributed by atoms with Crippen LogP contribution in [-0.4, -0.2) is 67.6 Å². The molecule has 1 fully saturated rings. The Balaban J connectivity index is 1.65. The lowest BCUT2D eigenvalue weighted by atomic mass is 10.1. The van der Waals surface area contributed by atoms with Gasteiger partial charge in [0.25, 0.3) is 5.91 Å². The Morgan fingerprint density at radius 3 is 2.54 bits per heavy atom. The molecule has 1 unspecified atom stereocenters. The zero-order valence-corrected chi connectivity index (χ0v) is 16.1. The molecule has 1 aromatic carbocycles. The van der Waals surface area contributed by atoms with E-state index in [-0.39, 0.29) is 5.91 Å². The summed E-state index contributed by atoms with van der Waals surface area (Å²) in [6.07, 6.45) is 1.06. The Morgan fingerprint density at radius 2 is 1.96 bits per heavy atom. The maximum Gasteiger partial charge on any atom is 0.253 e. The third-order valence-corrected chi connectivity index (χ3v) is 5.19. The van der Waals surface area contributed by atoms with E-state index in [0.29, 0.717) is 18.6 Å². The molecule has 140 valence electrons. The first-order valence-corrected chi connectivity index (χ1v) is 9.36. The molecular formula is C19H28N6O. The number of nitrogens with zero attached hydrogens (tertiary/aromatic N) is 6. The van der Waals surface area contributed by atoms with Gasteiger partial charge < -0.3 is 4.90 Å². The van der Waals surface area contributed by atoms with E-state index in [0.717, 1.165) is 43.0 Å². The fourth-order valence-corrected chi connectivity index (χ4v) is 3.60. The SMILES string of the molecule is CCC1CN(C(=O)c2ccc(Cn3nnnc3C)cc2)CCN1C(C)C. The minimum atomic E-state index is 0.122. The van der Waals surface area contributed by atoms with E-state index in [2.05, 4.69) is 41.2 Å². The number of rotatable bonds is 5. The van der Waals surface area contributed by atoms with E-state index in [1.807, 2.05) is 36.1 Å². The van der Waals surface area contributed by atoms with E-state index in [9.17, 15) is 4.79 Å². The van der Waals surface area contributed by atoms with Gasteiger partial charge >= 0.3 is 0 Å². The van der Waals surface area contributed by atoms with Crippen LogP contribution in [0, 0.1) is 6.92 Å². The lowest BCUT2D eigenvalue weighted by Crippen LogP contribution is -2.56.